The Morgan fingerprint density at radius 3 is 2.92 bits per heavy atom. The quantitative estimate of drug-likeness (QED) is 0.828. The van der Waals surface area contributed by atoms with Gasteiger partial charge in [-0.15, -0.1) is 0 Å². The monoisotopic (exact) mass is 357 g/mol. The van der Waals surface area contributed by atoms with Gasteiger partial charge in [-0.3, -0.25) is 9.78 Å². The zero-order chi connectivity index (χ0) is 18.0. The summed E-state index contributed by atoms with van der Waals surface area (Å²) in [6, 6.07) is 0. The Bertz CT molecular complexity index is 759. The molecule has 1 unspecified atom stereocenters. The van der Waals surface area contributed by atoms with E-state index in [-0.39, 0.29) is 17.2 Å². The summed E-state index contributed by atoms with van der Waals surface area (Å²) in [6.45, 7) is 4.83. The number of aromatic nitrogens is 4. The molecule has 138 valence electrons. The van der Waals surface area contributed by atoms with Gasteiger partial charge in [0.15, 0.2) is 5.82 Å². The Hall–Kier alpha value is -2.35. The highest BCUT2D eigenvalue weighted by atomic mass is 16.5. The van der Waals surface area contributed by atoms with Crippen LogP contribution >= 0.6 is 0 Å². The van der Waals surface area contributed by atoms with Crippen molar-refractivity contribution in [3.63, 3.8) is 0 Å². The number of amides is 1. The Morgan fingerprint density at radius 2 is 2.15 bits per heavy atom. The van der Waals surface area contributed by atoms with E-state index in [2.05, 4.69) is 22.0 Å². The average Bonchev–Trinajstić information content (AvgIpc) is 3.20. The molecule has 2 aliphatic rings. The number of hydrogen-bond donors (Lipinski definition) is 0. The molecule has 4 heterocycles. The molecule has 4 rings (SSSR count). The molecule has 0 bridgehead atoms. The van der Waals surface area contributed by atoms with Gasteiger partial charge in [0.05, 0.1) is 6.20 Å². The van der Waals surface area contributed by atoms with Crippen LogP contribution < -0.4 is 0 Å². The van der Waals surface area contributed by atoms with Gasteiger partial charge in [0.1, 0.15) is 5.69 Å². The van der Waals surface area contributed by atoms with Gasteiger partial charge in [-0.2, -0.15) is 4.98 Å². The van der Waals surface area contributed by atoms with E-state index in [0.717, 1.165) is 38.9 Å². The van der Waals surface area contributed by atoms with Gasteiger partial charge in [-0.05, 0) is 25.7 Å². The standard InChI is InChI=1S/C18H23N5O3/c1-18(17-21-15(26-22-17)13-3-9-25-10-4-13)5-2-8-23(12-18)16(24)14-11-19-6-7-20-14/h6-7,11,13H,2-5,8-10,12H2,1H3. The van der Waals surface area contributed by atoms with Gasteiger partial charge in [-0.25, -0.2) is 4.98 Å². The maximum absolute atomic E-state index is 12.7. The third-order valence-electron chi connectivity index (χ3n) is 5.32. The number of piperidine rings is 1. The molecule has 2 fully saturated rings. The second-order valence-electron chi connectivity index (χ2n) is 7.32. The molecule has 8 nitrogen and oxygen atoms in total. The normalized spacial score (nSPS) is 24.6. The van der Waals surface area contributed by atoms with Crippen LogP contribution in [0.3, 0.4) is 0 Å². The Labute approximate surface area is 152 Å². The molecule has 0 radical (unpaired) electrons. The first kappa shape index (κ1) is 17.1. The molecule has 0 N–H and O–H groups in total. The number of carbonyl (C=O) groups is 1. The van der Waals surface area contributed by atoms with E-state index in [4.69, 9.17) is 14.2 Å². The SMILES string of the molecule is CC1(c2noc(C3CCOCC3)n2)CCCN(C(=O)c2cnccn2)C1. The van der Waals surface area contributed by atoms with Crippen LogP contribution in [0, 0.1) is 0 Å². The second-order valence-corrected chi connectivity index (χ2v) is 7.32. The summed E-state index contributed by atoms with van der Waals surface area (Å²) in [5, 5.41) is 4.26. The maximum atomic E-state index is 12.7. The molecule has 0 spiro atoms. The zero-order valence-electron chi connectivity index (χ0n) is 14.9. The molecule has 0 aliphatic carbocycles. The van der Waals surface area contributed by atoms with E-state index < -0.39 is 0 Å². The predicted octanol–water partition coefficient (Wildman–Crippen LogP) is 1.95. The smallest absolute Gasteiger partial charge is 0.274 e. The van der Waals surface area contributed by atoms with E-state index >= 15 is 0 Å². The van der Waals surface area contributed by atoms with Crippen LogP contribution in [-0.2, 0) is 10.2 Å². The van der Waals surface area contributed by atoms with Crippen molar-refractivity contribution in [2.24, 2.45) is 0 Å². The van der Waals surface area contributed by atoms with Gasteiger partial charge >= 0.3 is 0 Å². The third kappa shape index (κ3) is 3.33. The van der Waals surface area contributed by atoms with Crippen LogP contribution in [0.2, 0.25) is 0 Å². The van der Waals surface area contributed by atoms with Crippen LogP contribution in [0.5, 0.6) is 0 Å². The lowest BCUT2D eigenvalue weighted by Crippen LogP contribution is -2.47. The molecule has 8 heteroatoms. The fourth-order valence-electron chi connectivity index (χ4n) is 3.76. The summed E-state index contributed by atoms with van der Waals surface area (Å²) < 4.78 is 11.0. The Kier molecular flexibility index (Phi) is 4.67. The fourth-order valence-corrected chi connectivity index (χ4v) is 3.76. The topological polar surface area (TPSA) is 94.2 Å². The van der Waals surface area contributed by atoms with Crippen molar-refractivity contribution in [3.05, 3.63) is 36.0 Å². The molecular formula is C18H23N5O3. The van der Waals surface area contributed by atoms with Crippen molar-refractivity contribution in [2.75, 3.05) is 26.3 Å². The number of nitrogens with zero attached hydrogens (tertiary/aromatic N) is 5. The summed E-state index contributed by atoms with van der Waals surface area (Å²) in [7, 11) is 0. The number of rotatable bonds is 3. The highest BCUT2D eigenvalue weighted by molar-refractivity contribution is 5.92. The lowest BCUT2D eigenvalue weighted by molar-refractivity contribution is 0.0635. The van der Waals surface area contributed by atoms with Crippen molar-refractivity contribution in [3.8, 4) is 0 Å². The van der Waals surface area contributed by atoms with Gasteiger partial charge in [0.2, 0.25) is 5.89 Å². The van der Waals surface area contributed by atoms with E-state index in [9.17, 15) is 4.79 Å². The predicted molar refractivity (Wildman–Crippen MR) is 91.6 cm³/mol. The van der Waals surface area contributed by atoms with Crippen LogP contribution in [-0.4, -0.2) is 57.2 Å². The van der Waals surface area contributed by atoms with E-state index in [1.807, 2.05) is 4.90 Å². The number of likely N-dealkylation sites (tertiary alicyclic amines) is 1. The van der Waals surface area contributed by atoms with Crippen molar-refractivity contribution in [2.45, 2.75) is 43.9 Å². The number of ether oxygens (including phenoxy) is 1. The third-order valence-corrected chi connectivity index (χ3v) is 5.32. The Morgan fingerprint density at radius 1 is 1.31 bits per heavy atom. The highest BCUT2D eigenvalue weighted by Crippen LogP contribution is 2.34. The molecule has 1 atom stereocenters. The van der Waals surface area contributed by atoms with Crippen LogP contribution in [0.15, 0.2) is 23.1 Å². The second kappa shape index (κ2) is 7.11. The molecule has 26 heavy (non-hydrogen) atoms. The van der Waals surface area contributed by atoms with Crippen molar-refractivity contribution >= 4 is 5.91 Å². The van der Waals surface area contributed by atoms with Crippen molar-refractivity contribution < 1.29 is 14.1 Å². The van der Waals surface area contributed by atoms with Gasteiger partial charge in [-0.1, -0.05) is 12.1 Å². The average molecular weight is 357 g/mol. The number of carbonyl (C=O) groups excluding carboxylic acids is 1. The van der Waals surface area contributed by atoms with Gasteiger partial charge in [0, 0.05) is 50.0 Å². The fraction of sp³-hybridized carbons (Fsp3) is 0.611. The largest absolute Gasteiger partial charge is 0.381 e. The molecule has 2 saturated heterocycles. The summed E-state index contributed by atoms with van der Waals surface area (Å²) in [4.78, 5) is 27.3. The van der Waals surface area contributed by atoms with E-state index in [0.29, 0.717) is 30.5 Å². The van der Waals surface area contributed by atoms with Crippen LogP contribution in [0.25, 0.3) is 0 Å². The maximum Gasteiger partial charge on any atom is 0.274 e. The number of hydrogen-bond acceptors (Lipinski definition) is 7. The Balaban J connectivity index is 1.50. The van der Waals surface area contributed by atoms with E-state index in [1.165, 1.54) is 12.4 Å². The molecule has 2 aliphatic heterocycles. The molecule has 2 aromatic heterocycles. The lowest BCUT2D eigenvalue weighted by atomic mass is 9.81. The summed E-state index contributed by atoms with van der Waals surface area (Å²) >= 11 is 0. The molecular weight excluding hydrogens is 334 g/mol. The minimum atomic E-state index is -0.316. The summed E-state index contributed by atoms with van der Waals surface area (Å²) in [6.07, 6.45) is 8.24. The van der Waals surface area contributed by atoms with Gasteiger partial charge < -0.3 is 14.2 Å². The molecule has 1 amide bonds. The first-order chi connectivity index (χ1) is 12.7. The first-order valence-corrected chi connectivity index (χ1v) is 9.13. The minimum absolute atomic E-state index is 0.0998. The summed E-state index contributed by atoms with van der Waals surface area (Å²) in [5.41, 5.74) is 0.0519. The minimum Gasteiger partial charge on any atom is -0.381 e. The molecule has 0 aromatic carbocycles. The van der Waals surface area contributed by atoms with Crippen molar-refractivity contribution in [1.29, 1.82) is 0 Å². The molecule has 2 aromatic rings. The van der Waals surface area contributed by atoms with E-state index in [1.54, 1.807) is 6.20 Å². The molecule has 0 saturated carbocycles. The van der Waals surface area contributed by atoms with Crippen molar-refractivity contribution in [1.82, 2.24) is 25.0 Å². The lowest BCUT2D eigenvalue weighted by Gasteiger charge is -2.38. The first-order valence-electron chi connectivity index (χ1n) is 9.13. The highest BCUT2D eigenvalue weighted by Gasteiger charge is 2.39. The summed E-state index contributed by atoms with van der Waals surface area (Å²) in [5.74, 6) is 1.56. The zero-order valence-corrected chi connectivity index (χ0v) is 14.9. The van der Waals surface area contributed by atoms with Crippen LogP contribution in [0.1, 0.15) is 60.7 Å². The van der Waals surface area contributed by atoms with Gasteiger partial charge in [0.25, 0.3) is 5.91 Å². The van der Waals surface area contributed by atoms with Crippen LogP contribution in [0.4, 0.5) is 0 Å².